The number of aromatic nitrogens is 3. The molecule has 0 saturated carbocycles. The van der Waals surface area contributed by atoms with Gasteiger partial charge in [0.05, 0.1) is 0 Å². The van der Waals surface area contributed by atoms with Crippen molar-refractivity contribution in [1.82, 2.24) is 20.0 Å². The molecule has 0 spiro atoms. The maximum absolute atomic E-state index is 13.2. The third kappa shape index (κ3) is 2.94. The highest BCUT2D eigenvalue weighted by Gasteiger charge is 2.17. The molecule has 0 aliphatic carbocycles. The molecular weight excluding hydrogens is 309 g/mol. The highest BCUT2D eigenvalue weighted by Crippen LogP contribution is 2.31. The number of fused-ring (bicyclic) bond motifs is 1. The lowest BCUT2D eigenvalue weighted by molar-refractivity contribution is 0.352. The molecule has 7 heteroatoms. The second-order valence-corrected chi connectivity index (χ2v) is 5.92. The van der Waals surface area contributed by atoms with Crippen molar-refractivity contribution in [1.29, 1.82) is 0 Å². The first-order valence-corrected chi connectivity index (χ1v) is 8.14. The van der Waals surface area contributed by atoms with Crippen molar-refractivity contribution in [3.05, 3.63) is 36.4 Å². The van der Waals surface area contributed by atoms with E-state index in [2.05, 4.69) is 25.3 Å². The normalized spacial score (nSPS) is 15.2. The van der Waals surface area contributed by atoms with E-state index in [0.717, 1.165) is 37.1 Å². The van der Waals surface area contributed by atoms with Gasteiger partial charge in [0.2, 0.25) is 0 Å². The van der Waals surface area contributed by atoms with Gasteiger partial charge < -0.3 is 14.7 Å². The Labute approximate surface area is 138 Å². The van der Waals surface area contributed by atoms with Crippen LogP contribution in [0.2, 0.25) is 0 Å². The molecule has 1 fully saturated rings. The summed E-state index contributed by atoms with van der Waals surface area (Å²) in [6.45, 7) is 4.09. The summed E-state index contributed by atoms with van der Waals surface area (Å²) < 4.78 is 18.5. The van der Waals surface area contributed by atoms with Crippen LogP contribution in [-0.2, 0) is 0 Å². The summed E-state index contributed by atoms with van der Waals surface area (Å²) in [5.74, 6) is 0.409. The summed E-state index contributed by atoms with van der Waals surface area (Å²) in [7, 11) is 0. The number of anilines is 1. The van der Waals surface area contributed by atoms with Gasteiger partial charge in [0.15, 0.2) is 0 Å². The molecule has 0 radical (unpaired) electrons. The van der Waals surface area contributed by atoms with E-state index in [1.165, 1.54) is 31.3 Å². The molecule has 3 heterocycles. The van der Waals surface area contributed by atoms with E-state index in [1.807, 2.05) is 0 Å². The monoisotopic (exact) mass is 327 g/mol. The molecule has 1 saturated heterocycles. The van der Waals surface area contributed by atoms with Crippen molar-refractivity contribution in [3.63, 3.8) is 0 Å². The molecule has 1 aromatic carbocycles. The van der Waals surface area contributed by atoms with Crippen molar-refractivity contribution in [2.45, 2.75) is 12.8 Å². The minimum absolute atomic E-state index is 0.285. The summed E-state index contributed by atoms with van der Waals surface area (Å²) in [6, 6.07) is 6.15. The highest BCUT2D eigenvalue weighted by atomic mass is 19.1. The smallest absolute Gasteiger partial charge is 0.263 e. The van der Waals surface area contributed by atoms with Gasteiger partial charge in [0, 0.05) is 18.7 Å². The Balaban J connectivity index is 1.60. The van der Waals surface area contributed by atoms with E-state index < -0.39 is 0 Å². The van der Waals surface area contributed by atoms with E-state index in [-0.39, 0.29) is 5.82 Å². The molecule has 2 aromatic heterocycles. The fourth-order valence-corrected chi connectivity index (χ4v) is 3.06. The van der Waals surface area contributed by atoms with Crippen LogP contribution in [0.25, 0.3) is 22.4 Å². The maximum atomic E-state index is 13.2. The van der Waals surface area contributed by atoms with Crippen LogP contribution in [0.1, 0.15) is 12.8 Å². The van der Waals surface area contributed by atoms with Crippen LogP contribution in [0, 0.1) is 5.82 Å². The Kier molecular flexibility index (Phi) is 4.08. The van der Waals surface area contributed by atoms with E-state index >= 15 is 0 Å². The average Bonchev–Trinajstić information content (AvgIpc) is 3.25. The standard InChI is InChI=1S/C17H18FN5O/c18-13-5-3-12(4-6-13)15-14-16(20-11-21-17(14)24-22-15)19-7-10-23-8-1-2-9-23/h3-6,11H,1-2,7-10H2,(H,19,20,21). The Hall–Kier alpha value is -2.54. The topological polar surface area (TPSA) is 67.1 Å². The average molecular weight is 327 g/mol. The first-order valence-electron chi connectivity index (χ1n) is 8.14. The number of nitrogens with zero attached hydrogens (tertiary/aromatic N) is 4. The summed E-state index contributed by atoms with van der Waals surface area (Å²) >= 11 is 0. The summed E-state index contributed by atoms with van der Waals surface area (Å²) in [5, 5.41) is 8.17. The van der Waals surface area contributed by atoms with Gasteiger partial charge in [-0.3, -0.25) is 0 Å². The van der Waals surface area contributed by atoms with Crippen LogP contribution >= 0.6 is 0 Å². The van der Waals surface area contributed by atoms with Crippen molar-refractivity contribution in [2.24, 2.45) is 0 Å². The van der Waals surface area contributed by atoms with Crippen LogP contribution in [0.4, 0.5) is 10.2 Å². The molecule has 0 atom stereocenters. The first kappa shape index (κ1) is 15.0. The quantitative estimate of drug-likeness (QED) is 0.777. The predicted octanol–water partition coefficient (Wildman–Crippen LogP) is 2.93. The van der Waals surface area contributed by atoms with E-state index in [1.54, 1.807) is 12.1 Å². The van der Waals surface area contributed by atoms with Gasteiger partial charge in [-0.1, -0.05) is 5.16 Å². The SMILES string of the molecule is Fc1ccc(-c2noc3ncnc(NCCN4CCCC4)c23)cc1. The molecular formula is C17H18FN5O. The lowest BCUT2D eigenvalue weighted by Crippen LogP contribution is -2.26. The molecule has 1 aliphatic rings. The van der Waals surface area contributed by atoms with Crippen LogP contribution < -0.4 is 5.32 Å². The minimum atomic E-state index is -0.285. The summed E-state index contributed by atoms with van der Waals surface area (Å²) in [5.41, 5.74) is 1.81. The fraction of sp³-hybridized carbons (Fsp3) is 0.353. The van der Waals surface area contributed by atoms with Crippen molar-refractivity contribution in [3.8, 4) is 11.3 Å². The Morgan fingerprint density at radius 3 is 2.71 bits per heavy atom. The van der Waals surface area contributed by atoms with Gasteiger partial charge in [0.1, 0.15) is 29.0 Å². The van der Waals surface area contributed by atoms with E-state index in [4.69, 9.17) is 4.52 Å². The molecule has 1 aliphatic heterocycles. The third-order valence-electron chi connectivity index (χ3n) is 4.31. The van der Waals surface area contributed by atoms with Gasteiger partial charge in [-0.15, -0.1) is 0 Å². The Morgan fingerprint density at radius 2 is 1.92 bits per heavy atom. The second kappa shape index (κ2) is 6.52. The number of likely N-dealkylation sites (tertiary alicyclic amines) is 1. The van der Waals surface area contributed by atoms with Crippen LogP contribution in [0.15, 0.2) is 35.1 Å². The molecule has 24 heavy (non-hydrogen) atoms. The molecule has 124 valence electrons. The Bertz CT molecular complexity index is 827. The van der Waals surface area contributed by atoms with Gasteiger partial charge in [0.25, 0.3) is 5.71 Å². The van der Waals surface area contributed by atoms with Crippen molar-refractivity contribution in [2.75, 3.05) is 31.5 Å². The van der Waals surface area contributed by atoms with Crippen LogP contribution in [0.3, 0.4) is 0 Å². The van der Waals surface area contributed by atoms with Crippen LogP contribution in [0.5, 0.6) is 0 Å². The van der Waals surface area contributed by atoms with Crippen molar-refractivity contribution >= 4 is 16.9 Å². The lowest BCUT2D eigenvalue weighted by Gasteiger charge is -2.15. The third-order valence-corrected chi connectivity index (χ3v) is 4.31. The first-order chi connectivity index (χ1) is 11.8. The molecule has 0 bridgehead atoms. The summed E-state index contributed by atoms with van der Waals surface area (Å²) in [4.78, 5) is 10.9. The molecule has 0 amide bonds. The number of benzene rings is 1. The molecule has 0 unspecified atom stereocenters. The van der Waals surface area contributed by atoms with Gasteiger partial charge in [-0.05, 0) is 50.2 Å². The molecule has 3 aromatic rings. The number of nitrogens with one attached hydrogen (secondary N) is 1. The van der Waals surface area contributed by atoms with E-state index in [0.29, 0.717) is 17.2 Å². The summed E-state index contributed by atoms with van der Waals surface area (Å²) in [6.07, 6.45) is 4.01. The van der Waals surface area contributed by atoms with Crippen molar-refractivity contribution < 1.29 is 8.91 Å². The van der Waals surface area contributed by atoms with Gasteiger partial charge in [-0.2, -0.15) is 4.98 Å². The lowest BCUT2D eigenvalue weighted by atomic mass is 10.1. The largest absolute Gasteiger partial charge is 0.368 e. The fourth-order valence-electron chi connectivity index (χ4n) is 3.06. The van der Waals surface area contributed by atoms with Gasteiger partial charge in [-0.25, -0.2) is 9.37 Å². The Morgan fingerprint density at radius 1 is 1.12 bits per heavy atom. The number of hydrogen-bond donors (Lipinski definition) is 1. The second-order valence-electron chi connectivity index (χ2n) is 5.92. The number of rotatable bonds is 5. The van der Waals surface area contributed by atoms with E-state index in [9.17, 15) is 4.39 Å². The predicted molar refractivity (Wildman–Crippen MR) is 89.2 cm³/mol. The molecule has 6 nitrogen and oxygen atoms in total. The number of halogens is 1. The zero-order valence-corrected chi connectivity index (χ0v) is 13.2. The van der Waals surface area contributed by atoms with Gasteiger partial charge >= 0.3 is 0 Å². The zero-order chi connectivity index (χ0) is 16.4. The number of hydrogen-bond acceptors (Lipinski definition) is 6. The van der Waals surface area contributed by atoms with Crippen LogP contribution in [-0.4, -0.2) is 46.2 Å². The highest BCUT2D eigenvalue weighted by molar-refractivity contribution is 5.97. The minimum Gasteiger partial charge on any atom is -0.368 e. The maximum Gasteiger partial charge on any atom is 0.263 e. The molecule has 1 N–H and O–H groups in total. The molecule has 4 rings (SSSR count). The zero-order valence-electron chi connectivity index (χ0n) is 13.2.